The van der Waals surface area contributed by atoms with Crippen molar-refractivity contribution in [1.82, 2.24) is 5.32 Å². The van der Waals surface area contributed by atoms with Crippen LogP contribution in [-0.4, -0.2) is 7.05 Å². The fraction of sp³-hybridized carbons (Fsp3) is 0.385. The van der Waals surface area contributed by atoms with E-state index < -0.39 is 0 Å². The van der Waals surface area contributed by atoms with Crippen molar-refractivity contribution in [1.29, 1.82) is 0 Å². The number of likely N-dealkylation sites (N-methyl/N-ethyl adjacent to an activating group) is 1. The van der Waals surface area contributed by atoms with Crippen molar-refractivity contribution in [3.63, 3.8) is 0 Å². The van der Waals surface area contributed by atoms with Gasteiger partial charge in [-0.15, -0.1) is 0 Å². The molecule has 15 heavy (non-hydrogen) atoms. The molecule has 0 aliphatic heterocycles. The van der Waals surface area contributed by atoms with Gasteiger partial charge in [0, 0.05) is 5.02 Å². The molecule has 1 nitrogen and oxygen atoms in total. The Hall–Kier alpha value is -0.790. The summed E-state index contributed by atoms with van der Waals surface area (Å²) in [5.41, 5.74) is 3.55. The molecule has 0 radical (unpaired) electrons. The summed E-state index contributed by atoms with van der Waals surface area (Å²) in [5.74, 6) is 0. The molecular weight excluding hydrogens is 206 g/mol. The maximum atomic E-state index is 6.28. The van der Waals surface area contributed by atoms with Crippen LogP contribution in [0.1, 0.15) is 31.0 Å². The molecule has 2 heteroatoms. The molecular formula is C13H18ClN. The minimum absolute atomic E-state index is 0.197. The third-order valence-electron chi connectivity index (χ3n) is 2.37. The third kappa shape index (κ3) is 3.08. The molecule has 0 saturated carbocycles. The molecule has 0 aromatic heterocycles. The Morgan fingerprint density at radius 3 is 2.60 bits per heavy atom. The highest BCUT2D eigenvalue weighted by Gasteiger charge is 2.10. The van der Waals surface area contributed by atoms with Gasteiger partial charge < -0.3 is 5.32 Å². The van der Waals surface area contributed by atoms with Gasteiger partial charge in [-0.2, -0.15) is 0 Å². The Labute approximate surface area is 97.1 Å². The predicted molar refractivity (Wildman–Crippen MR) is 67.4 cm³/mol. The monoisotopic (exact) mass is 223 g/mol. The van der Waals surface area contributed by atoms with Crippen LogP contribution in [0.2, 0.25) is 5.02 Å². The molecule has 1 aromatic rings. The van der Waals surface area contributed by atoms with Gasteiger partial charge in [-0.25, -0.2) is 0 Å². The number of allylic oxidation sites excluding steroid dienone is 1. The first-order chi connectivity index (χ1) is 7.06. The summed E-state index contributed by atoms with van der Waals surface area (Å²) in [6.45, 7) is 6.21. The van der Waals surface area contributed by atoms with E-state index >= 15 is 0 Å². The molecule has 1 atom stereocenters. The molecule has 1 aromatic carbocycles. The summed E-state index contributed by atoms with van der Waals surface area (Å²) in [7, 11) is 1.95. The number of nitrogens with one attached hydrogen (secondary N) is 1. The highest BCUT2D eigenvalue weighted by Crippen LogP contribution is 2.27. The van der Waals surface area contributed by atoms with Crippen LogP contribution in [0.4, 0.5) is 0 Å². The SMILES string of the molecule is CNC(C=C(C)C)c1cccc(C)c1Cl. The second-order valence-electron chi connectivity index (χ2n) is 3.99. The van der Waals surface area contributed by atoms with E-state index in [1.807, 2.05) is 26.1 Å². The molecule has 0 aliphatic rings. The van der Waals surface area contributed by atoms with Crippen LogP contribution in [0.3, 0.4) is 0 Å². The van der Waals surface area contributed by atoms with Crippen molar-refractivity contribution in [2.75, 3.05) is 7.05 Å². The molecule has 1 N–H and O–H groups in total. The van der Waals surface area contributed by atoms with Crippen LogP contribution < -0.4 is 5.32 Å². The normalized spacial score (nSPS) is 12.3. The molecule has 0 heterocycles. The zero-order valence-corrected chi connectivity index (χ0v) is 10.5. The van der Waals surface area contributed by atoms with Crippen molar-refractivity contribution in [2.45, 2.75) is 26.8 Å². The Kier molecular flexibility index (Phi) is 4.37. The van der Waals surface area contributed by atoms with Crippen LogP contribution in [0.25, 0.3) is 0 Å². The standard InChI is InChI=1S/C13H18ClN/c1-9(2)8-12(15-4)11-7-5-6-10(3)13(11)14/h5-8,12,15H,1-4H3. The molecule has 1 unspecified atom stereocenters. The van der Waals surface area contributed by atoms with Gasteiger partial charge in [0.2, 0.25) is 0 Å². The van der Waals surface area contributed by atoms with Gasteiger partial charge in [0.1, 0.15) is 0 Å². The molecule has 1 rings (SSSR count). The largest absolute Gasteiger partial charge is 0.310 e. The van der Waals surface area contributed by atoms with E-state index in [9.17, 15) is 0 Å². The lowest BCUT2D eigenvalue weighted by atomic mass is 10.0. The van der Waals surface area contributed by atoms with E-state index in [0.29, 0.717) is 0 Å². The first-order valence-electron chi connectivity index (χ1n) is 5.13. The molecule has 0 bridgehead atoms. The van der Waals surface area contributed by atoms with Gasteiger partial charge in [-0.1, -0.05) is 41.4 Å². The van der Waals surface area contributed by atoms with Gasteiger partial charge in [-0.05, 0) is 38.9 Å². The molecule has 0 saturated heterocycles. The second kappa shape index (κ2) is 5.34. The Bertz CT molecular complexity index is 365. The van der Waals surface area contributed by atoms with E-state index in [1.165, 1.54) is 5.57 Å². The summed E-state index contributed by atoms with van der Waals surface area (Å²) >= 11 is 6.28. The van der Waals surface area contributed by atoms with Crippen LogP contribution >= 0.6 is 11.6 Å². The van der Waals surface area contributed by atoms with Gasteiger partial charge in [0.05, 0.1) is 6.04 Å². The van der Waals surface area contributed by atoms with Gasteiger partial charge in [0.15, 0.2) is 0 Å². The topological polar surface area (TPSA) is 12.0 Å². The summed E-state index contributed by atoms with van der Waals surface area (Å²) in [6, 6.07) is 6.33. The van der Waals surface area contributed by atoms with E-state index in [-0.39, 0.29) is 6.04 Å². The average Bonchev–Trinajstić information content (AvgIpc) is 2.19. The fourth-order valence-corrected chi connectivity index (χ4v) is 1.82. The number of benzene rings is 1. The lowest BCUT2D eigenvalue weighted by Gasteiger charge is -2.16. The van der Waals surface area contributed by atoms with Crippen molar-refractivity contribution in [3.05, 3.63) is 46.0 Å². The number of hydrogen-bond acceptors (Lipinski definition) is 1. The van der Waals surface area contributed by atoms with Crippen molar-refractivity contribution >= 4 is 11.6 Å². The van der Waals surface area contributed by atoms with E-state index in [1.54, 1.807) is 0 Å². The van der Waals surface area contributed by atoms with E-state index in [0.717, 1.165) is 16.1 Å². The minimum atomic E-state index is 0.197. The Balaban J connectivity index is 3.13. The first-order valence-corrected chi connectivity index (χ1v) is 5.51. The van der Waals surface area contributed by atoms with Gasteiger partial charge in [-0.3, -0.25) is 0 Å². The minimum Gasteiger partial charge on any atom is -0.310 e. The summed E-state index contributed by atoms with van der Waals surface area (Å²) in [4.78, 5) is 0. The highest BCUT2D eigenvalue weighted by molar-refractivity contribution is 6.32. The quantitative estimate of drug-likeness (QED) is 0.767. The predicted octanol–water partition coefficient (Wildman–Crippen LogP) is 3.88. The van der Waals surface area contributed by atoms with E-state index in [4.69, 9.17) is 11.6 Å². The molecule has 0 amide bonds. The number of halogens is 1. The Morgan fingerprint density at radius 2 is 2.07 bits per heavy atom. The van der Waals surface area contributed by atoms with Crippen molar-refractivity contribution in [3.8, 4) is 0 Å². The number of hydrogen-bond donors (Lipinski definition) is 1. The van der Waals surface area contributed by atoms with E-state index in [2.05, 4.69) is 31.3 Å². The zero-order chi connectivity index (χ0) is 11.4. The van der Waals surface area contributed by atoms with Crippen molar-refractivity contribution < 1.29 is 0 Å². The second-order valence-corrected chi connectivity index (χ2v) is 4.37. The number of rotatable bonds is 3. The highest BCUT2D eigenvalue weighted by atomic mass is 35.5. The average molecular weight is 224 g/mol. The maximum Gasteiger partial charge on any atom is 0.0521 e. The maximum absolute atomic E-state index is 6.28. The fourth-order valence-electron chi connectivity index (χ4n) is 1.57. The smallest absolute Gasteiger partial charge is 0.0521 e. The zero-order valence-electron chi connectivity index (χ0n) is 9.76. The molecule has 0 spiro atoms. The van der Waals surface area contributed by atoms with Crippen molar-refractivity contribution in [2.24, 2.45) is 0 Å². The van der Waals surface area contributed by atoms with Gasteiger partial charge >= 0.3 is 0 Å². The van der Waals surface area contributed by atoms with Crippen LogP contribution in [-0.2, 0) is 0 Å². The van der Waals surface area contributed by atoms with Crippen LogP contribution in [0.15, 0.2) is 29.8 Å². The molecule has 0 fully saturated rings. The Morgan fingerprint density at radius 1 is 1.40 bits per heavy atom. The molecule has 0 aliphatic carbocycles. The lowest BCUT2D eigenvalue weighted by Crippen LogP contribution is -2.15. The summed E-state index contributed by atoms with van der Waals surface area (Å²) in [6.07, 6.45) is 2.18. The van der Waals surface area contributed by atoms with Crippen LogP contribution in [0.5, 0.6) is 0 Å². The third-order valence-corrected chi connectivity index (χ3v) is 2.88. The lowest BCUT2D eigenvalue weighted by molar-refractivity contribution is 0.709. The first kappa shape index (κ1) is 12.3. The van der Waals surface area contributed by atoms with Crippen LogP contribution in [0, 0.1) is 6.92 Å². The molecule has 82 valence electrons. The summed E-state index contributed by atoms with van der Waals surface area (Å²) < 4.78 is 0. The number of aryl methyl sites for hydroxylation is 1. The van der Waals surface area contributed by atoms with Gasteiger partial charge in [0.25, 0.3) is 0 Å². The summed E-state index contributed by atoms with van der Waals surface area (Å²) in [5, 5.41) is 4.11.